The molecular formula is C22H27N5O8S2. The van der Waals surface area contributed by atoms with E-state index in [9.17, 15) is 28.1 Å². The summed E-state index contributed by atoms with van der Waals surface area (Å²) in [4.78, 5) is 35.5. The van der Waals surface area contributed by atoms with Crippen molar-refractivity contribution in [2.45, 2.75) is 32.6 Å². The highest BCUT2D eigenvalue weighted by Crippen LogP contribution is 2.35. The van der Waals surface area contributed by atoms with Gasteiger partial charge in [0.2, 0.25) is 15.9 Å². The lowest BCUT2D eigenvalue weighted by atomic mass is 10.1. The van der Waals surface area contributed by atoms with Crippen molar-refractivity contribution in [3.8, 4) is 0 Å². The first-order valence-corrected chi connectivity index (χ1v) is 13.5. The highest BCUT2D eigenvalue weighted by atomic mass is 32.2. The van der Waals surface area contributed by atoms with Gasteiger partial charge in [0, 0.05) is 26.1 Å². The Morgan fingerprint density at radius 1 is 1.27 bits per heavy atom. The number of nitro benzene ring substituents is 1. The standard InChI is InChI=1S/C22H27N5O8S2/c1-5-35-22(29)19-13(2)20(36-21(19)23-15(4)28)14(3)24-25-17-7-6-16(12-18(17)27(30)31)37(32,33)26-8-10-34-11-9-26/h6-7,12,25H,5,8-11H2,1-4H3,(H,23,28). The molecule has 0 radical (unpaired) electrons. The molecule has 0 spiro atoms. The first kappa shape index (κ1) is 28.2. The van der Waals surface area contributed by atoms with Crippen molar-refractivity contribution < 1.29 is 32.4 Å². The van der Waals surface area contributed by atoms with Crippen molar-refractivity contribution in [3.05, 3.63) is 44.3 Å². The quantitative estimate of drug-likeness (QED) is 0.205. The molecule has 37 heavy (non-hydrogen) atoms. The molecule has 0 atom stereocenters. The van der Waals surface area contributed by atoms with E-state index in [1.54, 1.807) is 20.8 Å². The summed E-state index contributed by atoms with van der Waals surface area (Å²) in [5, 5.41) is 18.9. The first-order chi connectivity index (χ1) is 17.5. The van der Waals surface area contributed by atoms with E-state index in [4.69, 9.17) is 9.47 Å². The number of carbonyl (C=O) groups is 2. The summed E-state index contributed by atoms with van der Waals surface area (Å²) in [7, 11) is -3.93. The Bertz CT molecular complexity index is 1350. The maximum absolute atomic E-state index is 12.9. The molecule has 1 aliphatic heterocycles. The number of thiophene rings is 1. The highest BCUT2D eigenvalue weighted by molar-refractivity contribution is 7.89. The Hall–Kier alpha value is -3.40. The largest absolute Gasteiger partial charge is 0.462 e. The number of esters is 1. The number of hydrogen-bond donors (Lipinski definition) is 2. The molecular weight excluding hydrogens is 526 g/mol. The van der Waals surface area contributed by atoms with E-state index in [-0.39, 0.29) is 55.0 Å². The lowest BCUT2D eigenvalue weighted by Crippen LogP contribution is -2.40. The SMILES string of the molecule is CCOC(=O)c1c(NC(C)=O)sc(C(C)=NNc2ccc(S(=O)(=O)N3CCOCC3)cc2[N+](=O)[O-])c1C. The number of nitro groups is 1. The predicted molar refractivity (Wildman–Crippen MR) is 138 cm³/mol. The third-order valence-corrected chi connectivity index (χ3v) is 8.57. The molecule has 0 saturated carbocycles. The van der Waals surface area contributed by atoms with Gasteiger partial charge >= 0.3 is 5.97 Å². The van der Waals surface area contributed by atoms with E-state index in [2.05, 4.69) is 15.8 Å². The fourth-order valence-electron chi connectivity index (χ4n) is 3.60. The van der Waals surface area contributed by atoms with E-state index in [1.807, 2.05) is 0 Å². The van der Waals surface area contributed by atoms with Crippen molar-refractivity contribution in [1.29, 1.82) is 0 Å². The number of amides is 1. The molecule has 1 fully saturated rings. The molecule has 3 rings (SSSR count). The van der Waals surface area contributed by atoms with Gasteiger partial charge in [-0.3, -0.25) is 20.3 Å². The molecule has 13 nitrogen and oxygen atoms in total. The van der Waals surface area contributed by atoms with Crippen molar-refractivity contribution in [3.63, 3.8) is 0 Å². The van der Waals surface area contributed by atoms with Gasteiger partial charge in [-0.1, -0.05) is 0 Å². The maximum atomic E-state index is 12.9. The number of ether oxygens (including phenoxy) is 2. The van der Waals surface area contributed by atoms with Crippen LogP contribution in [0.25, 0.3) is 0 Å². The van der Waals surface area contributed by atoms with Crippen LogP contribution in [-0.4, -0.2) is 68.1 Å². The van der Waals surface area contributed by atoms with Crippen LogP contribution in [-0.2, 0) is 24.3 Å². The van der Waals surface area contributed by atoms with Gasteiger partial charge in [0.1, 0.15) is 10.7 Å². The molecule has 2 heterocycles. The van der Waals surface area contributed by atoms with Gasteiger partial charge in [-0.05, 0) is 38.5 Å². The van der Waals surface area contributed by atoms with E-state index in [1.165, 1.54) is 23.4 Å². The fourth-order valence-corrected chi connectivity index (χ4v) is 6.22. The number of carbonyl (C=O) groups excluding carboxylic acids is 2. The highest BCUT2D eigenvalue weighted by Gasteiger charge is 2.29. The van der Waals surface area contributed by atoms with Crippen molar-refractivity contribution in [2.24, 2.45) is 5.10 Å². The van der Waals surface area contributed by atoms with Crippen molar-refractivity contribution in [2.75, 3.05) is 43.7 Å². The summed E-state index contributed by atoms with van der Waals surface area (Å²) in [6.45, 7) is 7.25. The normalized spacial score (nSPS) is 14.8. The minimum absolute atomic E-state index is 0.0211. The second kappa shape index (κ2) is 11.8. The van der Waals surface area contributed by atoms with Crippen LogP contribution >= 0.6 is 11.3 Å². The third kappa shape index (κ3) is 6.30. The van der Waals surface area contributed by atoms with Crippen LogP contribution < -0.4 is 10.7 Å². The number of nitrogens with one attached hydrogen (secondary N) is 2. The molecule has 1 aromatic heterocycles. The number of hydrogen-bond acceptors (Lipinski definition) is 11. The summed E-state index contributed by atoms with van der Waals surface area (Å²) in [6, 6.07) is 3.54. The van der Waals surface area contributed by atoms with Gasteiger partial charge in [-0.15, -0.1) is 11.3 Å². The monoisotopic (exact) mass is 553 g/mol. The number of sulfonamides is 1. The second-order valence-corrected chi connectivity index (χ2v) is 10.9. The van der Waals surface area contributed by atoms with Crippen LogP contribution in [0.4, 0.5) is 16.4 Å². The molecule has 2 aromatic rings. The molecule has 1 amide bonds. The minimum atomic E-state index is -3.93. The molecule has 200 valence electrons. The van der Waals surface area contributed by atoms with E-state index in [0.29, 0.717) is 21.2 Å². The van der Waals surface area contributed by atoms with Crippen LogP contribution in [0.5, 0.6) is 0 Å². The number of anilines is 2. The van der Waals surface area contributed by atoms with E-state index in [0.717, 1.165) is 17.4 Å². The smallest absolute Gasteiger partial charge is 0.341 e. The lowest BCUT2D eigenvalue weighted by molar-refractivity contribution is -0.384. The topological polar surface area (TPSA) is 170 Å². The van der Waals surface area contributed by atoms with Gasteiger partial charge in [-0.2, -0.15) is 9.41 Å². The number of rotatable bonds is 9. The molecule has 15 heteroatoms. The van der Waals surface area contributed by atoms with Gasteiger partial charge in [0.25, 0.3) is 5.69 Å². The van der Waals surface area contributed by atoms with E-state index >= 15 is 0 Å². The van der Waals surface area contributed by atoms with Crippen LogP contribution in [0.3, 0.4) is 0 Å². The minimum Gasteiger partial charge on any atom is -0.462 e. The Labute approximate surface area is 217 Å². The Morgan fingerprint density at radius 3 is 2.54 bits per heavy atom. The Kier molecular flexibility index (Phi) is 8.96. The maximum Gasteiger partial charge on any atom is 0.341 e. The molecule has 0 unspecified atom stereocenters. The number of nitrogens with zero attached hydrogens (tertiary/aromatic N) is 3. The zero-order valence-electron chi connectivity index (χ0n) is 20.7. The average Bonchev–Trinajstić information content (AvgIpc) is 3.18. The fraction of sp³-hybridized carbons (Fsp3) is 0.409. The summed E-state index contributed by atoms with van der Waals surface area (Å²) < 4.78 is 37.3. The third-order valence-electron chi connectivity index (χ3n) is 5.36. The summed E-state index contributed by atoms with van der Waals surface area (Å²) in [6.07, 6.45) is 0. The Morgan fingerprint density at radius 2 is 1.95 bits per heavy atom. The number of hydrazone groups is 1. The lowest BCUT2D eigenvalue weighted by Gasteiger charge is -2.26. The molecule has 0 bridgehead atoms. The summed E-state index contributed by atoms with van der Waals surface area (Å²) in [5.41, 5.74) is 3.24. The first-order valence-electron chi connectivity index (χ1n) is 11.2. The van der Waals surface area contributed by atoms with Crippen molar-refractivity contribution in [1.82, 2.24) is 4.31 Å². The van der Waals surface area contributed by atoms with Gasteiger partial charge in [-0.25, -0.2) is 13.2 Å². The van der Waals surface area contributed by atoms with Crippen molar-refractivity contribution >= 4 is 55.3 Å². The van der Waals surface area contributed by atoms with Gasteiger partial charge < -0.3 is 14.8 Å². The Balaban J connectivity index is 1.93. The zero-order valence-corrected chi connectivity index (χ0v) is 22.3. The molecule has 1 aliphatic rings. The van der Waals surface area contributed by atoms with E-state index < -0.39 is 26.6 Å². The molecule has 1 aromatic carbocycles. The van der Waals surface area contributed by atoms with Crippen LogP contribution in [0.15, 0.2) is 28.2 Å². The zero-order chi connectivity index (χ0) is 27.3. The molecule has 0 aliphatic carbocycles. The summed E-state index contributed by atoms with van der Waals surface area (Å²) in [5.74, 6) is -0.964. The number of morpholine rings is 1. The summed E-state index contributed by atoms with van der Waals surface area (Å²) >= 11 is 1.11. The molecule has 2 N–H and O–H groups in total. The van der Waals surface area contributed by atoms with Crippen LogP contribution in [0.1, 0.15) is 41.6 Å². The average molecular weight is 554 g/mol. The molecule has 1 saturated heterocycles. The second-order valence-electron chi connectivity index (χ2n) is 7.92. The van der Waals surface area contributed by atoms with Crippen LogP contribution in [0.2, 0.25) is 0 Å². The van der Waals surface area contributed by atoms with Crippen LogP contribution in [0, 0.1) is 17.0 Å². The van der Waals surface area contributed by atoms with Gasteiger partial charge in [0.15, 0.2) is 0 Å². The number of benzene rings is 1. The van der Waals surface area contributed by atoms with Gasteiger partial charge in [0.05, 0.1) is 45.8 Å². The predicted octanol–water partition coefficient (Wildman–Crippen LogP) is 2.96.